The molecule has 1 saturated heterocycles. The van der Waals surface area contributed by atoms with Gasteiger partial charge in [0, 0.05) is 19.4 Å². The Morgan fingerprint density at radius 1 is 1.36 bits per heavy atom. The van der Waals surface area contributed by atoms with Gasteiger partial charge in [0.25, 0.3) is 5.56 Å². The zero-order valence-corrected chi connectivity index (χ0v) is 13.6. The standard InChI is InChI=1S/C16H15FN4O4/c1-7-18-10-5-9(17)6-11(19-8(2)22)14(10)16(25)21(7)12-3-4-13(23)20-15(12)24/h5-6,12H,3-4H2,1-2H3,(H,19,22)(H,20,23,24)/t12-/m0/s1. The van der Waals surface area contributed by atoms with Gasteiger partial charge in [-0.25, -0.2) is 9.37 Å². The molecule has 2 N–H and O–H groups in total. The first-order chi connectivity index (χ1) is 11.8. The predicted octanol–water partition coefficient (Wildman–Crippen LogP) is 0.780. The van der Waals surface area contributed by atoms with Crippen molar-refractivity contribution in [1.82, 2.24) is 14.9 Å². The summed E-state index contributed by atoms with van der Waals surface area (Å²) in [5.41, 5.74) is -0.517. The molecule has 0 unspecified atom stereocenters. The van der Waals surface area contributed by atoms with Crippen LogP contribution in [0.15, 0.2) is 16.9 Å². The van der Waals surface area contributed by atoms with Crippen LogP contribution in [0, 0.1) is 12.7 Å². The molecule has 25 heavy (non-hydrogen) atoms. The van der Waals surface area contributed by atoms with E-state index in [2.05, 4.69) is 15.6 Å². The van der Waals surface area contributed by atoms with Crippen LogP contribution in [0.3, 0.4) is 0 Å². The highest BCUT2D eigenvalue weighted by Gasteiger charge is 2.31. The summed E-state index contributed by atoms with van der Waals surface area (Å²) in [5, 5.41) is 4.61. The van der Waals surface area contributed by atoms with Crippen LogP contribution in [0.1, 0.15) is 31.6 Å². The van der Waals surface area contributed by atoms with E-state index < -0.39 is 35.1 Å². The minimum atomic E-state index is -0.891. The summed E-state index contributed by atoms with van der Waals surface area (Å²) in [4.78, 5) is 52.0. The summed E-state index contributed by atoms with van der Waals surface area (Å²) in [5.74, 6) is -1.90. The molecule has 0 radical (unpaired) electrons. The van der Waals surface area contributed by atoms with Crippen molar-refractivity contribution in [3.05, 3.63) is 34.1 Å². The maximum Gasteiger partial charge on any atom is 0.264 e. The van der Waals surface area contributed by atoms with Crippen molar-refractivity contribution >= 4 is 34.3 Å². The topological polar surface area (TPSA) is 110 Å². The molecule has 8 nitrogen and oxygen atoms in total. The first kappa shape index (κ1) is 16.7. The lowest BCUT2D eigenvalue weighted by atomic mass is 10.1. The van der Waals surface area contributed by atoms with E-state index in [1.807, 2.05) is 0 Å². The SMILES string of the molecule is CC(=O)Nc1cc(F)cc2nc(C)n([C@H]3CCC(=O)NC3=O)c(=O)c12. The zero-order valence-electron chi connectivity index (χ0n) is 13.6. The van der Waals surface area contributed by atoms with Gasteiger partial charge in [0.2, 0.25) is 17.7 Å². The number of nitrogens with one attached hydrogen (secondary N) is 2. The Hall–Kier alpha value is -3.10. The van der Waals surface area contributed by atoms with E-state index in [9.17, 15) is 23.6 Å². The summed E-state index contributed by atoms with van der Waals surface area (Å²) in [6.07, 6.45) is 0.261. The number of fused-ring (bicyclic) bond motifs is 1. The van der Waals surface area contributed by atoms with Gasteiger partial charge >= 0.3 is 0 Å². The second-order valence-electron chi connectivity index (χ2n) is 5.83. The Bertz CT molecular complexity index is 982. The normalized spacial score (nSPS) is 17.5. The van der Waals surface area contributed by atoms with Crippen LogP contribution in [-0.4, -0.2) is 27.3 Å². The molecular formula is C16H15FN4O4. The Balaban J connectivity index is 2.26. The van der Waals surface area contributed by atoms with E-state index >= 15 is 0 Å². The third-order valence-corrected chi connectivity index (χ3v) is 3.98. The minimum Gasteiger partial charge on any atom is -0.325 e. The van der Waals surface area contributed by atoms with Crippen molar-refractivity contribution in [3.63, 3.8) is 0 Å². The molecule has 1 fully saturated rings. The molecule has 130 valence electrons. The minimum absolute atomic E-state index is 0.00639. The Labute approximate surface area is 141 Å². The summed E-state index contributed by atoms with van der Waals surface area (Å²) in [6, 6.07) is 1.22. The monoisotopic (exact) mass is 346 g/mol. The fourth-order valence-electron chi connectivity index (χ4n) is 2.98. The number of aromatic nitrogens is 2. The molecule has 3 rings (SSSR count). The second kappa shape index (κ2) is 6.08. The molecule has 3 amide bonds. The highest BCUT2D eigenvalue weighted by molar-refractivity contribution is 6.01. The van der Waals surface area contributed by atoms with E-state index in [4.69, 9.17) is 0 Å². The number of amides is 3. The number of piperidine rings is 1. The molecule has 9 heteroatoms. The van der Waals surface area contributed by atoms with Crippen LogP contribution >= 0.6 is 0 Å². The Morgan fingerprint density at radius 2 is 2.08 bits per heavy atom. The number of anilines is 1. The van der Waals surface area contributed by atoms with Crippen molar-refractivity contribution < 1.29 is 18.8 Å². The van der Waals surface area contributed by atoms with E-state index in [0.29, 0.717) is 0 Å². The fourth-order valence-corrected chi connectivity index (χ4v) is 2.98. The summed E-state index contributed by atoms with van der Waals surface area (Å²) in [6.45, 7) is 2.75. The van der Waals surface area contributed by atoms with Gasteiger partial charge < -0.3 is 5.32 Å². The lowest BCUT2D eigenvalue weighted by Crippen LogP contribution is -2.45. The molecule has 1 atom stereocenters. The number of carbonyl (C=O) groups is 3. The smallest absolute Gasteiger partial charge is 0.264 e. The molecule has 1 aliphatic rings. The molecule has 1 aromatic carbocycles. The number of rotatable bonds is 2. The van der Waals surface area contributed by atoms with E-state index in [1.54, 1.807) is 0 Å². The molecule has 1 aromatic heterocycles. The average Bonchev–Trinajstić information content (AvgIpc) is 2.47. The van der Waals surface area contributed by atoms with Gasteiger partial charge in [-0.05, 0) is 19.4 Å². The van der Waals surface area contributed by atoms with Gasteiger partial charge in [0.15, 0.2) is 0 Å². The van der Waals surface area contributed by atoms with Crippen molar-refractivity contribution in [2.75, 3.05) is 5.32 Å². The fraction of sp³-hybridized carbons (Fsp3) is 0.312. The number of benzene rings is 1. The van der Waals surface area contributed by atoms with Gasteiger partial charge in [0.1, 0.15) is 17.7 Å². The van der Waals surface area contributed by atoms with E-state index in [0.717, 1.165) is 12.1 Å². The second-order valence-corrected chi connectivity index (χ2v) is 5.83. The van der Waals surface area contributed by atoms with Gasteiger partial charge in [-0.2, -0.15) is 0 Å². The van der Waals surface area contributed by atoms with Crippen LogP contribution in [0.25, 0.3) is 10.9 Å². The number of hydrogen-bond donors (Lipinski definition) is 2. The Morgan fingerprint density at radius 3 is 2.72 bits per heavy atom. The molecule has 2 heterocycles. The van der Waals surface area contributed by atoms with Crippen molar-refractivity contribution in [1.29, 1.82) is 0 Å². The number of carbonyl (C=O) groups excluding carboxylic acids is 3. The average molecular weight is 346 g/mol. The summed E-state index contributed by atoms with van der Waals surface area (Å²) >= 11 is 0. The summed E-state index contributed by atoms with van der Waals surface area (Å²) < 4.78 is 14.9. The summed E-state index contributed by atoms with van der Waals surface area (Å²) in [7, 11) is 0. The largest absolute Gasteiger partial charge is 0.325 e. The van der Waals surface area contributed by atoms with E-state index in [1.165, 1.54) is 18.4 Å². The molecule has 0 spiro atoms. The van der Waals surface area contributed by atoms with Gasteiger partial charge in [-0.1, -0.05) is 0 Å². The maximum atomic E-state index is 13.8. The van der Waals surface area contributed by atoms with Crippen LogP contribution in [-0.2, 0) is 14.4 Å². The van der Waals surface area contributed by atoms with Crippen molar-refractivity contribution in [2.45, 2.75) is 32.7 Å². The number of imide groups is 1. The number of aryl methyl sites for hydroxylation is 1. The first-order valence-corrected chi connectivity index (χ1v) is 7.61. The maximum absolute atomic E-state index is 13.8. The van der Waals surface area contributed by atoms with Crippen LogP contribution in [0.5, 0.6) is 0 Å². The lowest BCUT2D eigenvalue weighted by molar-refractivity contribution is -0.135. The molecule has 0 aliphatic carbocycles. The van der Waals surface area contributed by atoms with Crippen LogP contribution < -0.4 is 16.2 Å². The third kappa shape index (κ3) is 3.00. The lowest BCUT2D eigenvalue weighted by Gasteiger charge is -2.24. The van der Waals surface area contributed by atoms with Crippen molar-refractivity contribution in [3.8, 4) is 0 Å². The highest BCUT2D eigenvalue weighted by Crippen LogP contribution is 2.24. The quantitative estimate of drug-likeness (QED) is 0.781. The molecule has 1 aliphatic heterocycles. The predicted molar refractivity (Wildman–Crippen MR) is 86.4 cm³/mol. The van der Waals surface area contributed by atoms with Crippen molar-refractivity contribution in [2.24, 2.45) is 0 Å². The van der Waals surface area contributed by atoms with Crippen LogP contribution in [0.2, 0.25) is 0 Å². The highest BCUT2D eigenvalue weighted by atomic mass is 19.1. The first-order valence-electron chi connectivity index (χ1n) is 7.61. The molecule has 0 saturated carbocycles. The zero-order chi connectivity index (χ0) is 18.3. The molecule has 0 bridgehead atoms. The number of nitrogens with zero attached hydrogens (tertiary/aromatic N) is 2. The van der Waals surface area contributed by atoms with Gasteiger partial charge in [0.05, 0.1) is 16.6 Å². The third-order valence-electron chi connectivity index (χ3n) is 3.98. The van der Waals surface area contributed by atoms with Crippen LogP contribution in [0.4, 0.5) is 10.1 Å². The Kier molecular flexibility index (Phi) is 4.07. The van der Waals surface area contributed by atoms with Gasteiger partial charge in [-0.15, -0.1) is 0 Å². The number of hydrogen-bond acceptors (Lipinski definition) is 5. The molecular weight excluding hydrogens is 331 g/mol. The van der Waals surface area contributed by atoms with E-state index in [-0.39, 0.29) is 35.3 Å². The molecule has 2 aromatic rings. The van der Waals surface area contributed by atoms with Gasteiger partial charge in [-0.3, -0.25) is 29.1 Å². The number of halogens is 1.